The van der Waals surface area contributed by atoms with Crippen molar-refractivity contribution in [1.29, 1.82) is 0 Å². The number of nitrogens with zero attached hydrogens (tertiary/aromatic N) is 1. The quantitative estimate of drug-likeness (QED) is 0.740. The fourth-order valence-electron chi connectivity index (χ4n) is 1.68. The Labute approximate surface area is 103 Å². The molecule has 0 saturated carbocycles. The molecule has 1 rings (SSSR count). The third-order valence-electron chi connectivity index (χ3n) is 2.71. The van der Waals surface area contributed by atoms with Gasteiger partial charge in [-0.3, -0.25) is 4.79 Å². The molecule has 4 nitrogen and oxygen atoms in total. The van der Waals surface area contributed by atoms with Crippen LogP contribution in [0.1, 0.15) is 37.2 Å². The van der Waals surface area contributed by atoms with Crippen LogP contribution in [0.4, 0.5) is 0 Å². The van der Waals surface area contributed by atoms with Crippen LogP contribution < -0.4 is 5.73 Å². The van der Waals surface area contributed by atoms with Gasteiger partial charge < -0.3 is 15.1 Å². The van der Waals surface area contributed by atoms with Crippen LogP contribution >= 0.6 is 0 Å². The fraction of sp³-hybridized carbons (Fsp3) is 0.615. The summed E-state index contributed by atoms with van der Waals surface area (Å²) in [6.07, 6.45) is 3.53. The number of aryl methyl sites for hydroxylation is 1. The van der Waals surface area contributed by atoms with Crippen molar-refractivity contribution in [3.05, 3.63) is 23.7 Å². The van der Waals surface area contributed by atoms with Crippen molar-refractivity contribution in [3.8, 4) is 0 Å². The van der Waals surface area contributed by atoms with E-state index in [1.807, 2.05) is 26.1 Å². The summed E-state index contributed by atoms with van der Waals surface area (Å²) in [6.45, 7) is 3.15. The van der Waals surface area contributed by atoms with Gasteiger partial charge in [-0.2, -0.15) is 0 Å². The van der Waals surface area contributed by atoms with Crippen molar-refractivity contribution >= 4 is 5.91 Å². The number of amides is 1. The maximum atomic E-state index is 11.8. The minimum absolute atomic E-state index is 0.163. The molecule has 0 saturated heterocycles. The molecule has 0 fully saturated rings. The van der Waals surface area contributed by atoms with Gasteiger partial charge in [0.25, 0.3) is 0 Å². The van der Waals surface area contributed by atoms with Crippen LogP contribution in [0.5, 0.6) is 0 Å². The minimum atomic E-state index is 0.163. The maximum absolute atomic E-state index is 11.8. The zero-order valence-corrected chi connectivity index (χ0v) is 10.7. The molecule has 0 aromatic carbocycles. The minimum Gasteiger partial charge on any atom is -0.464 e. The second kappa shape index (κ2) is 7.12. The first kappa shape index (κ1) is 13.8. The van der Waals surface area contributed by atoms with Crippen molar-refractivity contribution < 1.29 is 9.21 Å². The predicted octanol–water partition coefficient (Wildman–Crippen LogP) is 2.07. The number of unbranched alkanes of at least 4 members (excludes halogenated alkanes) is 2. The Bertz CT molecular complexity index is 347. The summed E-state index contributed by atoms with van der Waals surface area (Å²) < 4.78 is 5.44. The topological polar surface area (TPSA) is 59.5 Å². The molecule has 0 radical (unpaired) electrons. The van der Waals surface area contributed by atoms with E-state index in [-0.39, 0.29) is 5.91 Å². The molecule has 0 atom stereocenters. The molecular formula is C13H22N2O2. The molecule has 1 heterocycles. The van der Waals surface area contributed by atoms with Crippen LogP contribution in [0.15, 0.2) is 16.5 Å². The molecule has 1 aromatic heterocycles. The van der Waals surface area contributed by atoms with Crippen molar-refractivity contribution in [1.82, 2.24) is 4.90 Å². The van der Waals surface area contributed by atoms with E-state index in [2.05, 4.69) is 0 Å². The second-order valence-electron chi connectivity index (χ2n) is 4.36. The Hall–Kier alpha value is -1.29. The van der Waals surface area contributed by atoms with Gasteiger partial charge in [0.05, 0.1) is 6.54 Å². The van der Waals surface area contributed by atoms with Gasteiger partial charge in [0.15, 0.2) is 0 Å². The highest BCUT2D eigenvalue weighted by Crippen LogP contribution is 2.10. The van der Waals surface area contributed by atoms with E-state index >= 15 is 0 Å². The lowest BCUT2D eigenvalue weighted by molar-refractivity contribution is -0.130. The SMILES string of the molecule is Cc1ccc(CN(C)C(=O)CCCCCN)o1. The van der Waals surface area contributed by atoms with Crippen molar-refractivity contribution in [2.45, 2.75) is 39.2 Å². The van der Waals surface area contributed by atoms with Gasteiger partial charge in [-0.05, 0) is 38.4 Å². The number of furan rings is 1. The molecule has 0 spiro atoms. The summed E-state index contributed by atoms with van der Waals surface area (Å²) in [6, 6.07) is 3.82. The van der Waals surface area contributed by atoms with Gasteiger partial charge in [0.1, 0.15) is 11.5 Å². The van der Waals surface area contributed by atoms with Crippen LogP contribution in [0.3, 0.4) is 0 Å². The Kier molecular flexibility index (Phi) is 5.77. The summed E-state index contributed by atoms with van der Waals surface area (Å²) in [7, 11) is 1.81. The first-order chi connectivity index (χ1) is 8.13. The lowest BCUT2D eigenvalue weighted by Gasteiger charge is -2.15. The van der Waals surface area contributed by atoms with Crippen molar-refractivity contribution in [2.75, 3.05) is 13.6 Å². The number of carbonyl (C=O) groups is 1. The zero-order chi connectivity index (χ0) is 12.7. The summed E-state index contributed by atoms with van der Waals surface area (Å²) in [5, 5.41) is 0. The van der Waals surface area contributed by atoms with E-state index < -0.39 is 0 Å². The molecule has 17 heavy (non-hydrogen) atoms. The van der Waals surface area contributed by atoms with Crippen LogP contribution in [-0.4, -0.2) is 24.4 Å². The average molecular weight is 238 g/mol. The number of hydrogen-bond donors (Lipinski definition) is 1. The number of hydrogen-bond acceptors (Lipinski definition) is 3. The summed E-state index contributed by atoms with van der Waals surface area (Å²) >= 11 is 0. The fourth-order valence-corrected chi connectivity index (χ4v) is 1.68. The van der Waals surface area contributed by atoms with Gasteiger partial charge in [-0.1, -0.05) is 6.42 Å². The molecular weight excluding hydrogens is 216 g/mol. The lowest BCUT2D eigenvalue weighted by atomic mass is 10.2. The smallest absolute Gasteiger partial charge is 0.222 e. The van der Waals surface area contributed by atoms with Crippen LogP contribution in [0.25, 0.3) is 0 Å². The van der Waals surface area contributed by atoms with Crippen LogP contribution in [0, 0.1) is 6.92 Å². The van der Waals surface area contributed by atoms with Crippen molar-refractivity contribution in [3.63, 3.8) is 0 Å². The Balaban J connectivity index is 2.27. The standard InChI is InChI=1S/C13H22N2O2/c1-11-7-8-12(17-11)10-15(2)13(16)6-4-3-5-9-14/h7-8H,3-6,9-10,14H2,1-2H3. The van der Waals surface area contributed by atoms with Gasteiger partial charge in [-0.25, -0.2) is 0 Å². The van der Waals surface area contributed by atoms with E-state index in [9.17, 15) is 4.79 Å². The van der Waals surface area contributed by atoms with E-state index in [1.54, 1.807) is 4.90 Å². The van der Waals surface area contributed by atoms with Crippen LogP contribution in [-0.2, 0) is 11.3 Å². The molecule has 1 aromatic rings. The van der Waals surface area contributed by atoms with E-state index in [4.69, 9.17) is 10.2 Å². The first-order valence-corrected chi connectivity index (χ1v) is 6.13. The molecule has 0 aliphatic carbocycles. The number of rotatable bonds is 7. The highest BCUT2D eigenvalue weighted by Gasteiger charge is 2.10. The largest absolute Gasteiger partial charge is 0.464 e. The molecule has 0 aliphatic heterocycles. The normalized spacial score (nSPS) is 10.5. The molecule has 1 amide bonds. The summed E-state index contributed by atoms with van der Waals surface area (Å²) in [4.78, 5) is 13.5. The molecule has 0 unspecified atom stereocenters. The second-order valence-corrected chi connectivity index (χ2v) is 4.36. The number of carbonyl (C=O) groups excluding carboxylic acids is 1. The van der Waals surface area contributed by atoms with Gasteiger partial charge in [0.2, 0.25) is 5.91 Å². The monoisotopic (exact) mass is 238 g/mol. The molecule has 0 bridgehead atoms. The summed E-state index contributed by atoms with van der Waals surface area (Å²) in [5.41, 5.74) is 5.40. The van der Waals surface area contributed by atoms with Crippen molar-refractivity contribution in [2.24, 2.45) is 5.73 Å². The Morgan fingerprint density at radius 1 is 1.35 bits per heavy atom. The van der Waals surface area contributed by atoms with Gasteiger partial charge >= 0.3 is 0 Å². The van der Waals surface area contributed by atoms with Gasteiger partial charge in [-0.15, -0.1) is 0 Å². The van der Waals surface area contributed by atoms with E-state index in [0.717, 1.165) is 30.8 Å². The number of nitrogens with two attached hydrogens (primary N) is 1. The molecule has 4 heteroatoms. The Morgan fingerprint density at radius 3 is 2.71 bits per heavy atom. The molecule has 2 N–H and O–H groups in total. The third-order valence-corrected chi connectivity index (χ3v) is 2.71. The Morgan fingerprint density at radius 2 is 2.12 bits per heavy atom. The maximum Gasteiger partial charge on any atom is 0.222 e. The first-order valence-electron chi connectivity index (χ1n) is 6.13. The van der Waals surface area contributed by atoms with Gasteiger partial charge in [0, 0.05) is 13.5 Å². The molecule has 96 valence electrons. The lowest BCUT2D eigenvalue weighted by Crippen LogP contribution is -2.25. The van der Waals surface area contributed by atoms with E-state index in [1.165, 1.54) is 0 Å². The zero-order valence-electron chi connectivity index (χ0n) is 10.7. The third kappa shape index (κ3) is 5.04. The highest BCUT2D eigenvalue weighted by molar-refractivity contribution is 5.75. The van der Waals surface area contributed by atoms with E-state index in [0.29, 0.717) is 19.5 Å². The van der Waals surface area contributed by atoms with Crippen LogP contribution in [0.2, 0.25) is 0 Å². The summed E-state index contributed by atoms with van der Waals surface area (Å²) in [5.74, 6) is 1.88. The molecule has 0 aliphatic rings. The predicted molar refractivity (Wildman–Crippen MR) is 67.4 cm³/mol. The highest BCUT2D eigenvalue weighted by atomic mass is 16.3. The average Bonchev–Trinajstić information content (AvgIpc) is 2.70.